The largest absolute Gasteiger partial charge is 0.311 e. The summed E-state index contributed by atoms with van der Waals surface area (Å²) < 4.78 is 0. The maximum absolute atomic E-state index is 3.89. The van der Waals surface area contributed by atoms with Crippen LogP contribution in [0.3, 0.4) is 0 Å². The lowest BCUT2D eigenvalue weighted by atomic mass is 9.71. The van der Waals surface area contributed by atoms with Crippen LogP contribution in [0.2, 0.25) is 0 Å². The molecule has 2 aliphatic rings. The topological polar surface area (TPSA) is 12.0 Å². The van der Waals surface area contributed by atoms with Crippen LogP contribution >= 0.6 is 0 Å². The maximum atomic E-state index is 3.89. The van der Waals surface area contributed by atoms with Gasteiger partial charge in [0.15, 0.2) is 0 Å². The number of rotatable bonds is 2. The highest BCUT2D eigenvalue weighted by molar-refractivity contribution is 4.91. The summed E-state index contributed by atoms with van der Waals surface area (Å²) in [4.78, 5) is 0. The third-order valence-electron chi connectivity index (χ3n) is 4.36. The van der Waals surface area contributed by atoms with Gasteiger partial charge in [-0.3, -0.25) is 0 Å². The van der Waals surface area contributed by atoms with E-state index in [-0.39, 0.29) is 0 Å². The summed E-state index contributed by atoms with van der Waals surface area (Å²) in [5.41, 5.74) is 0. The van der Waals surface area contributed by atoms with Crippen molar-refractivity contribution in [2.45, 2.75) is 70.9 Å². The van der Waals surface area contributed by atoms with Gasteiger partial charge in [0.1, 0.15) is 0 Å². The minimum atomic E-state index is 0.839. The Bertz CT molecular complexity index is 178. The lowest BCUT2D eigenvalue weighted by Crippen LogP contribution is -2.50. The summed E-state index contributed by atoms with van der Waals surface area (Å²) in [6, 6.07) is 1.70. The smallest absolute Gasteiger partial charge is 0.0100 e. The van der Waals surface area contributed by atoms with E-state index in [9.17, 15) is 0 Å². The summed E-state index contributed by atoms with van der Waals surface area (Å²) in [7, 11) is 0. The van der Waals surface area contributed by atoms with E-state index in [1.54, 1.807) is 0 Å². The van der Waals surface area contributed by atoms with E-state index in [0.29, 0.717) is 0 Å². The summed E-state index contributed by atoms with van der Waals surface area (Å²) in [5.74, 6) is 1.97. The van der Waals surface area contributed by atoms with Crippen LogP contribution in [-0.2, 0) is 0 Å². The lowest BCUT2D eigenvalue weighted by molar-refractivity contribution is 0.122. The molecule has 1 aliphatic carbocycles. The van der Waals surface area contributed by atoms with E-state index in [1.807, 2.05) is 0 Å². The van der Waals surface area contributed by atoms with E-state index in [2.05, 4.69) is 19.2 Å². The molecule has 0 amide bonds. The fourth-order valence-corrected chi connectivity index (χ4v) is 3.53. The van der Waals surface area contributed by atoms with Crippen LogP contribution in [0.15, 0.2) is 0 Å². The molecular formula is C13H25N. The fraction of sp³-hybridized carbons (Fsp3) is 1.00. The Morgan fingerprint density at radius 1 is 1.14 bits per heavy atom. The van der Waals surface area contributed by atoms with Crippen LogP contribution in [-0.4, -0.2) is 12.1 Å². The second kappa shape index (κ2) is 4.65. The minimum Gasteiger partial charge on any atom is -0.311 e. The average Bonchev–Trinajstić information content (AvgIpc) is 2.18. The molecular weight excluding hydrogens is 170 g/mol. The Hall–Kier alpha value is -0.0400. The van der Waals surface area contributed by atoms with Gasteiger partial charge in [0, 0.05) is 12.1 Å². The molecule has 0 bridgehead atoms. The highest BCUT2D eigenvalue weighted by Gasteiger charge is 2.34. The van der Waals surface area contributed by atoms with Gasteiger partial charge in [-0.1, -0.05) is 33.1 Å². The Labute approximate surface area is 88.7 Å². The van der Waals surface area contributed by atoms with Crippen molar-refractivity contribution in [2.24, 2.45) is 11.8 Å². The number of nitrogens with one attached hydrogen (secondary N) is 1. The zero-order valence-corrected chi connectivity index (χ0v) is 9.76. The number of piperidine rings is 1. The van der Waals surface area contributed by atoms with Gasteiger partial charge >= 0.3 is 0 Å². The summed E-state index contributed by atoms with van der Waals surface area (Å²) >= 11 is 0. The van der Waals surface area contributed by atoms with E-state index in [1.165, 1.54) is 44.9 Å². The zero-order valence-electron chi connectivity index (χ0n) is 9.76. The Balaban J connectivity index is 1.89. The second-order valence-electron chi connectivity index (χ2n) is 5.41. The van der Waals surface area contributed by atoms with Crippen molar-refractivity contribution in [2.75, 3.05) is 0 Å². The van der Waals surface area contributed by atoms with Crippen LogP contribution in [0.5, 0.6) is 0 Å². The molecule has 0 aromatic rings. The molecule has 1 N–H and O–H groups in total. The van der Waals surface area contributed by atoms with Gasteiger partial charge in [0.05, 0.1) is 0 Å². The van der Waals surface area contributed by atoms with Crippen molar-refractivity contribution in [1.29, 1.82) is 0 Å². The molecule has 0 aromatic heterocycles. The minimum absolute atomic E-state index is 0.839. The average molecular weight is 195 g/mol. The second-order valence-corrected chi connectivity index (χ2v) is 5.41. The number of hydrogen-bond donors (Lipinski definition) is 1. The molecule has 1 heterocycles. The fourth-order valence-electron chi connectivity index (χ4n) is 3.53. The molecule has 2 unspecified atom stereocenters. The first-order chi connectivity index (χ1) is 6.81. The van der Waals surface area contributed by atoms with Gasteiger partial charge in [0.25, 0.3) is 0 Å². The number of hydrogen-bond acceptors (Lipinski definition) is 1. The van der Waals surface area contributed by atoms with Crippen molar-refractivity contribution in [3.8, 4) is 0 Å². The van der Waals surface area contributed by atoms with E-state index < -0.39 is 0 Å². The molecule has 1 saturated heterocycles. The molecule has 2 rings (SSSR count). The lowest BCUT2D eigenvalue weighted by Gasteiger charge is -2.44. The van der Waals surface area contributed by atoms with Gasteiger partial charge in [-0.15, -0.1) is 0 Å². The third kappa shape index (κ3) is 2.13. The first-order valence-electron chi connectivity index (χ1n) is 6.57. The molecule has 0 spiro atoms. The Kier molecular flexibility index (Phi) is 3.48. The first kappa shape index (κ1) is 10.5. The van der Waals surface area contributed by atoms with Crippen molar-refractivity contribution in [1.82, 2.24) is 5.32 Å². The molecule has 1 nitrogen and oxygen atoms in total. The quantitative estimate of drug-likeness (QED) is 0.712. The van der Waals surface area contributed by atoms with E-state index in [4.69, 9.17) is 0 Å². The van der Waals surface area contributed by atoms with Gasteiger partial charge < -0.3 is 5.32 Å². The molecule has 14 heavy (non-hydrogen) atoms. The van der Waals surface area contributed by atoms with Gasteiger partial charge in [-0.25, -0.2) is 0 Å². The monoisotopic (exact) mass is 195 g/mol. The van der Waals surface area contributed by atoms with Crippen LogP contribution in [0.25, 0.3) is 0 Å². The van der Waals surface area contributed by atoms with Gasteiger partial charge in [-0.2, -0.15) is 0 Å². The summed E-state index contributed by atoms with van der Waals surface area (Å²) in [6.07, 6.45) is 10.0. The first-order valence-corrected chi connectivity index (χ1v) is 6.57. The highest BCUT2D eigenvalue weighted by atomic mass is 15.0. The molecule has 0 aromatic carbocycles. The maximum Gasteiger partial charge on any atom is 0.0100 e. The third-order valence-corrected chi connectivity index (χ3v) is 4.36. The normalized spacial score (nSPS) is 43.3. The molecule has 2 fully saturated rings. The van der Waals surface area contributed by atoms with Crippen LogP contribution in [0, 0.1) is 11.8 Å². The van der Waals surface area contributed by atoms with Crippen LogP contribution in [0.1, 0.15) is 58.8 Å². The van der Waals surface area contributed by atoms with Crippen molar-refractivity contribution < 1.29 is 0 Å². The van der Waals surface area contributed by atoms with Gasteiger partial charge in [-0.05, 0) is 37.5 Å². The summed E-state index contributed by atoms with van der Waals surface area (Å²) in [6.45, 7) is 4.76. The van der Waals surface area contributed by atoms with Crippen molar-refractivity contribution in [3.05, 3.63) is 0 Å². The predicted octanol–water partition coefficient (Wildman–Crippen LogP) is 3.34. The molecule has 1 heteroatoms. The van der Waals surface area contributed by atoms with Gasteiger partial charge in [0.2, 0.25) is 0 Å². The van der Waals surface area contributed by atoms with E-state index in [0.717, 1.165) is 23.9 Å². The SMILES string of the molecule is CCCC1CC[C@H]2C(C)CCC[C@H]2N1. The van der Waals surface area contributed by atoms with Crippen molar-refractivity contribution in [3.63, 3.8) is 0 Å². The zero-order chi connectivity index (χ0) is 9.97. The predicted molar refractivity (Wildman–Crippen MR) is 61.4 cm³/mol. The summed E-state index contributed by atoms with van der Waals surface area (Å²) in [5, 5.41) is 3.89. The van der Waals surface area contributed by atoms with Crippen LogP contribution in [0.4, 0.5) is 0 Å². The highest BCUT2D eigenvalue weighted by Crippen LogP contribution is 2.36. The molecule has 1 saturated carbocycles. The standard InChI is InChI=1S/C13H25N/c1-3-5-11-8-9-12-10(2)6-4-7-13(12)14-11/h10-14H,3-9H2,1-2H3/t10?,11?,12-,13+/m0/s1. The molecule has 1 aliphatic heterocycles. The molecule has 0 radical (unpaired) electrons. The Morgan fingerprint density at radius 2 is 2.00 bits per heavy atom. The molecule has 82 valence electrons. The van der Waals surface area contributed by atoms with E-state index >= 15 is 0 Å². The number of fused-ring (bicyclic) bond motifs is 1. The van der Waals surface area contributed by atoms with Crippen LogP contribution < -0.4 is 5.32 Å². The van der Waals surface area contributed by atoms with Crippen molar-refractivity contribution >= 4 is 0 Å². The Morgan fingerprint density at radius 3 is 2.79 bits per heavy atom. The molecule has 4 atom stereocenters.